The number of amides is 1. The molecule has 1 unspecified atom stereocenters. The SMILES string of the molecule is CC(C)(C)OC(=O)N1CCC(C23CC(B(O)O)(C2)C3)C1. The third-order valence-electron chi connectivity index (χ3n) is 5.37. The second kappa shape index (κ2) is 4.13. The van der Waals surface area contributed by atoms with Crippen molar-refractivity contribution in [3.63, 3.8) is 0 Å². The zero-order valence-electron chi connectivity index (χ0n) is 12.6. The fourth-order valence-corrected chi connectivity index (χ4v) is 4.41. The quantitative estimate of drug-likeness (QED) is 0.755. The summed E-state index contributed by atoms with van der Waals surface area (Å²) in [5.41, 5.74) is -0.184. The molecule has 4 aliphatic rings. The molecule has 0 aromatic carbocycles. The number of ether oxygens (including phenoxy) is 1. The Bertz CT molecular complexity index is 412. The van der Waals surface area contributed by atoms with Crippen LogP contribution in [0.1, 0.15) is 46.5 Å². The van der Waals surface area contributed by atoms with Crippen molar-refractivity contribution in [2.24, 2.45) is 11.3 Å². The van der Waals surface area contributed by atoms with Gasteiger partial charge in [-0.3, -0.25) is 0 Å². The molecule has 0 spiro atoms. The number of hydrogen-bond donors (Lipinski definition) is 2. The lowest BCUT2D eigenvalue weighted by Gasteiger charge is -2.73. The van der Waals surface area contributed by atoms with E-state index in [1.807, 2.05) is 20.8 Å². The highest BCUT2D eigenvalue weighted by Crippen LogP contribution is 2.82. The predicted molar refractivity (Wildman–Crippen MR) is 75.1 cm³/mol. The molecule has 5 nitrogen and oxygen atoms in total. The summed E-state index contributed by atoms with van der Waals surface area (Å²) in [6.07, 6.45) is 3.51. The fraction of sp³-hybridized carbons (Fsp3) is 0.929. The smallest absolute Gasteiger partial charge is 0.444 e. The van der Waals surface area contributed by atoms with E-state index in [1.54, 1.807) is 4.90 Å². The first kappa shape index (κ1) is 14.2. The van der Waals surface area contributed by atoms with E-state index >= 15 is 0 Å². The number of nitrogens with zero attached hydrogens (tertiary/aromatic N) is 1. The van der Waals surface area contributed by atoms with Gasteiger partial charge in [-0.2, -0.15) is 0 Å². The normalized spacial score (nSPS) is 39.0. The minimum atomic E-state index is -1.17. The van der Waals surface area contributed by atoms with Crippen LogP contribution in [0.25, 0.3) is 0 Å². The molecule has 2 bridgehead atoms. The van der Waals surface area contributed by atoms with Crippen molar-refractivity contribution < 1.29 is 19.6 Å². The highest BCUT2D eigenvalue weighted by atomic mass is 16.6. The van der Waals surface area contributed by atoms with Gasteiger partial charge in [0.25, 0.3) is 0 Å². The van der Waals surface area contributed by atoms with Crippen LogP contribution in [0.3, 0.4) is 0 Å². The summed E-state index contributed by atoms with van der Waals surface area (Å²) < 4.78 is 5.41. The van der Waals surface area contributed by atoms with Gasteiger partial charge in [0, 0.05) is 18.4 Å². The summed E-state index contributed by atoms with van der Waals surface area (Å²) >= 11 is 0. The number of hydrogen-bond acceptors (Lipinski definition) is 4. The second-order valence-electron chi connectivity index (χ2n) is 8.04. The molecule has 1 heterocycles. The summed E-state index contributed by atoms with van der Waals surface area (Å²) in [6, 6.07) is 0. The molecule has 1 amide bonds. The van der Waals surface area contributed by atoms with Gasteiger partial charge in [-0.05, 0) is 57.8 Å². The van der Waals surface area contributed by atoms with Crippen LogP contribution >= 0.6 is 0 Å². The minimum Gasteiger partial charge on any atom is -0.444 e. The largest absolute Gasteiger partial charge is 0.458 e. The van der Waals surface area contributed by atoms with Crippen LogP contribution in [-0.4, -0.2) is 46.9 Å². The van der Waals surface area contributed by atoms with E-state index in [9.17, 15) is 14.8 Å². The molecule has 20 heavy (non-hydrogen) atoms. The Morgan fingerprint density at radius 2 is 1.90 bits per heavy atom. The van der Waals surface area contributed by atoms with E-state index in [-0.39, 0.29) is 16.8 Å². The lowest BCUT2D eigenvalue weighted by Crippen LogP contribution is -2.66. The average molecular weight is 281 g/mol. The van der Waals surface area contributed by atoms with Crippen LogP contribution in [-0.2, 0) is 4.74 Å². The van der Waals surface area contributed by atoms with Crippen molar-refractivity contribution in [2.45, 2.75) is 57.4 Å². The van der Waals surface area contributed by atoms with Gasteiger partial charge in [-0.1, -0.05) is 0 Å². The molecule has 1 aliphatic heterocycles. The number of carbonyl (C=O) groups is 1. The highest BCUT2D eigenvalue weighted by molar-refractivity contribution is 6.46. The summed E-state index contributed by atoms with van der Waals surface area (Å²) in [5.74, 6) is 0.496. The summed E-state index contributed by atoms with van der Waals surface area (Å²) in [7, 11) is -1.17. The number of rotatable bonds is 2. The van der Waals surface area contributed by atoms with Gasteiger partial charge in [0.15, 0.2) is 0 Å². The zero-order valence-corrected chi connectivity index (χ0v) is 12.6. The molecular formula is C14H24BNO4. The van der Waals surface area contributed by atoms with Crippen molar-refractivity contribution in [1.29, 1.82) is 0 Å². The molecular weight excluding hydrogens is 257 g/mol. The Hall–Kier alpha value is -0.745. The van der Waals surface area contributed by atoms with E-state index < -0.39 is 12.7 Å². The second-order valence-corrected chi connectivity index (χ2v) is 8.04. The Kier molecular flexibility index (Phi) is 2.94. The first-order chi connectivity index (χ1) is 9.16. The van der Waals surface area contributed by atoms with Gasteiger partial charge in [-0.25, -0.2) is 4.79 Å². The maximum Gasteiger partial charge on any atom is 0.458 e. The summed E-state index contributed by atoms with van der Waals surface area (Å²) in [6.45, 7) is 7.16. The standard InChI is InChI=1S/C14H24BNO4/c1-12(2,3)20-11(17)16-5-4-10(6-16)13-7-14(8-13,9-13)15(18)19/h10,18-19H,4-9H2,1-3H3. The van der Waals surface area contributed by atoms with E-state index in [0.29, 0.717) is 5.92 Å². The predicted octanol–water partition coefficient (Wildman–Crippen LogP) is 1.64. The lowest BCUT2D eigenvalue weighted by molar-refractivity contribution is -0.147. The number of likely N-dealkylation sites (tertiary alicyclic amines) is 1. The van der Waals surface area contributed by atoms with Gasteiger partial charge in [-0.15, -0.1) is 0 Å². The highest BCUT2D eigenvalue weighted by Gasteiger charge is 2.74. The molecule has 0 aromatic heterocycles. The Balaban J connectivity index is 1.53. The van der Waals surface area contributed by atoms with Crippen LogP contribution in [0.2, 0.25) is 5.31 Å². The van der Waals surface area contributed by atoms with Crippen molar-refractivity contribution in [2.75, 3.05) is 13.1 Å². The Labute approximate surface area is 120 Å². The van der Waals surface area contributed by atoms with E-state index in [0.717, 1.165) is 38.8 Å². The van der Waals surface area contributed by atoms with Gasteiger partial charge in [0.1, 0.15) is 5.60 Å². The van der Waals surface area contributed by atoms with Crippen LogP contribution in [0, 0.1) is 11.3 Å². The molecule has 112 valence electrons. The molecule has 2 N–H and O–H groups in total. The van der Waals surface area contributed by atoms with Crippen molar-refractivity contribution >= 4 is 13.2 Å². The van der Waals surface area contributed by atoms with Gasteiger partial charge < -0.3 is 19.7 Å². The monoisotopic (exact) mass is 281 g/mol. The van der Waals surface area contributed by atoms with Crippen LogP contribution in [0.4, 0.5) is 4.79 Å². The lowest BCUT2D eigenvalue weighted by atomic mass is 9.22. The maximum absolute atomic E-state index is 12.0. The van der Waals surface area contributed by atoms with E-state index in [4.69, 9.17) is 4.74 Å². The Morgan fingerprint density at radius 1 is 1.30 bits per heavy atom. The summed E-state index contributed by atoms with van der Waals surface area (Å²) in [4.78, 5) is 13.9. The third-order valence-corrected chi connectivity index (χ3v) is 5.37. The molecule has 0 radical (unpaired) electrons. The van der Waals surface area contributed by atoms with Gasteiger partial charge >= 0.3 is 13.2 Å². The zero-order chi connectivity index (χ0) is 14.8. The molecule has 4 rings (SSSR count). The van der Waals surface area contributed by atoms with Gasteiger partial charge in [0.2, 0.25) is 0 Å². The minimum absolute atomic E-state index is 0.219. The van der Waals surface area contributed by atoms with E-state index in [1.165, 1.54) is 0 Å². The topological polar surface area (TPSA) is 70.0 Å². The molecule has 3 aliphatic carbocycles. The summed E-state index contributed by atoms with van der Waals surface area (Å²) in [5, 5.41) is 18.5. The van der Waals surface area contributed by atoms with Crippen LogP contribution in [0.15, 0.2) is 0 Å². The van der Waals surface area contributed by atoms with Crippen molar-refractivity contribution in [3.05, 3.63) is 0 Å². The van der Waals surface area contributed by atoms with Crippen LogP contribution < -0.4 is 0 Å². The van der Waals surface area contributed by atoms with Crippen LogP contribution in [0.5, 0.6) is 0 Å². The molecule has 3 saturated carbocycles. The van der Waals surface area contributed by atoms with E-state index in [2.05, 4.69) is 0 Å². The number of carbonyl (C=O) groups excluding carboxylic acids is 1. The molecule has 6 heteroatoms. The molecule has 0 aromatic rings. The maximum atomic E-state index is 12.0. The molecule has 1 atom stereocenters. The molecule has 1 saturated heterocycles. The average Bonchev–Trinajstić information content (AvgIpc) is 2.58. The first-order valence-electron chi connectivity index (χ1n) is 7.50. The fourth-order valence-electron chi connectivity index (χ4n) is 4.41. The first-order valence-corrected chi connectivity index (χ1v) is 7.50. The van der Waals surface area contributed by atoms with Crippen molar-refractivity contribution in [1.82, 2.24) is 4.90 Å². The van der Waals surface area contributed by atoms with Crippen molar-refractivity contribution in [3.8, 4) is 0 Å². The Morgan fingerprint density at radius 3 is 2.40 bits per heavy atom. The molecule has 4 fully saturated rings. The third kappa shape index (κ3) is 2.04. The van der Waals surface area contributed by atoms with Gasteiger partial charge in [0.05, 0.1) is 0 Å².